The second-order valence-corrected chi connectivity index (χ2v) is 6.09. The maximum atomic E-state index is 12.3. The Bertz CT molecular complexity index is 956. The van der Waals surface area contributed by atoms with Gasteiger partial charge >= 0.3 is 5.97 Å². The molecule has 0 spiro atoms. The van der Waals surface area contributed by atoms with Gasteiger partial charge in [0.15, 0.2) is 12.4 Å². The van der Waals surface area contributed by atoms with Crippen molar-refractivity contribution < 1.29 is 23.5 Å². The van der Waals surface area contributed by atoms with Gasteiger partial charge in [-0.1, -0.05) is 11.6 Å². The number of ketones is 1. The second-order valence-electron chi connectivity index (χ2n) is 5.65. The summed E-state index contributed by atoms with van der Waals surface area (Å²) in [7, 11) is 0. The summed E-state index contributed by atoms with van der Waals surface area (Å²) >= 11 is 5.79. The minimum absolute atomic E-state index is 0.0811. The standard InChI is InChI=1S/C20H17ClO5/c1-3-24-15-8-9-18-16(10-15)12(2)19(26-18)20(23)25-11-17(22)13-4-6-14(21)7-5-13/h4-10H,3,11H2,1-2H3. The molecule has 0 N–H and O–H groups in total. The Morgan fingerprint density at radius 1 is 1.12 bits per heavy atom. The van der Waals surface area contributed by atoms with Crippen molar-refractivity contribution in [2.45, 2.75) is 13.8 Å². The van der Waals surface area contributed by atoms with E-state index in [4.69, 9.17) is 25.5 Å². The molecule has 0 fully saturated rings. The molecule has 1 heterocycles. The third-order valence-electron chi connectivity index (χ3n) is 3.90. The molecule has 3 rings (SSSR count). The molecule has 0 unspecified atom stereocenters. The Hall–Kier alpha value is -2.79. The molecule has 3 aromatic rings. The van der Waals surface area contributed by atoms with Crippen LogP contribution < -0.4 is 4.74 Å². The molecule has 0 amide bonds. The number of rotatable bonds is 6. The van der Waals surface area contributed by atoms with Gasteiger partial charge in [0.25, 0.3) is 0 Å². The molecule has 5 nitrogen and oxygen atoms in total. The first kappa shape index (κ1) is 18.0. The lowest BCUT2D eigenvalue weighted by Crippen LogP contribution is -2.14. The summed E-state index contributed by atoms with van der Waals surface area (Å²) in [5, 5.41) is 1.30. The van der Waals surface area contributed by atoms with Gasteiger partial charge in [-0.2, -0.15) is 0 Å². The molecule has 0 aliphatic heterocycles. The van der Waals surface area contributed by atoms with Crippen LogP contribution in [0.5, 0.6) is 5.75 Å². The first-order valence-electron chi connectivity index (χ1n) is 8.11. The minimum atomic E-state index is -0.682. The van der Waals surface area contributed by atoms with Crippen LogP contribution in [0, 0.1) is 6.92 Å². The summed E-state index contributed by atoms with van der Waals surface area (Å²) in [6, 6.07) is 11.7. The summed E-state index contributed by atoms with van der Waals surface area (Å²) in [4.78, 5) is 24.4. The topological polar surface area (TPSA) is 65.7 Å². The maximum Gasteiger partial charge on any atom is 0.375 e. The summed E-state index contributed by atoms with van der Waals surface area (Å²) in [6.45, 7) is 3.83. The highest BCUT2D eigenvalue weighted by Crippen LogP contribution is 2.29. The van der Waals surface area contributed by atoms with E-state index in [1.54, 1.807) is 43.3 Å². The molecule has 1 aromatic heterocycles. The van der Waals surface area contributed by atoms with Crippen LogP contribution >= 0.6 is 11.6 Å². The number of carbonyl (C=O) groups is 2. The summed E-state index contributed by atoms with van der Waals surface area (Å²) in [5.74, 6) is -0.222. The number of aryl methyl sites for hydroxylation is 1. The Morgan fingerprint density at radius 2 is 1.85 bits per heavy atom. The van der Waals surface area contributed by atoms with Gasteiger partial charge < -0.3 is 13.9 Å². The van der Waals surface area contributed by atoms with Gasteiger partial charge in [-0.3, -0.25) is 4.79 Å². The Morgan fingerprint density at radius 3 is 2.54 bits per heavy atom. The number of esters is 1. The zero-order chi connectivity index (χ0) is 18.7. The number of hydrogen-bond acceptors (Lipinski definition) is 5. The molecule has 0 saturated carbocycles. The SMILES string of the molecule is CCOc1ccc2oc(C(=O)OCC(=O)c3ccc(Cl)cc3)c(C)c2c1. The van der Waals surface area contributed by atoms with E-state index in [0.29, 0.717) is 34.1 Å². The van der Waals surface area contributed by atoms with Crippen LogP contribution in [-0.2, 0) is 4.74 Å². The van der Waals surface area contributed by atoms with Gasteiger partial charge in [-0.15, -0.1) is 0 Å². The smallest absolute Gasteiger partial charge is 0.375 e. The summed E-state index contributed by atoms with van der Waals surface area (Å²) in [6.07, 6.45) is 0. The van der Waals surface area contributed by atoms with Crippen LogP contribution in [-0.4, -0.2) is 25.0 Å². The number of Topliss-reactive ketones (excluding diaryl/α,β-unsaturated/α-hetero) is 1. The Balaban J connectivity index is 1.74. The Kier molecular flexibility index (Phi) is 5.28. The van der Waals surface area contributed by atoms with Gasteiger partial charge in [0, 0.05) is 21.5 Å². The van der Waals surface area contributed by atoms with Crippen molar-refractivity contribution in [3.63, 3.8) is 0 Å². The van der Waals surface area contributed by atoms with Crippen LogP contribution in [0.2, 0.25) is 5.02 Å². The number of carbonyl (C=O) groups excluding carboxylic acids is 2. The third-order valence-corrected chi connectivity index (χ3v) is 4.16. The number of ether oxygens (including phenoxy) is 2. The van der Waals surface area contributed by atoms with Crippen molar-refractivity contribution in [1.29, 1.82) is 0 Å². The second kappa shape index (κ2) is 7.62. The predicted octanol–water partition coefficient (Wildman–Crippen LogP) is 4.83. The highest BCUT2D eigenvalue weighted by atomic mass is 35.5. The average molecular weight is 373 g/mol. The fourth-order valence-electron chi connectivity index (χ4n) is 2.57. The molecule has 26 heavy (non-hydrogen) atoms. The predicted molar refractivity (Wildman–Crippen MR) is 98.2 cm³/mol. The summed E-state index contributed by atoms with van der Waals surface area (Å²) in [5.41, 5.74) is 1.62. The lowest BCUT2D eigenvalue weighted by molar-refractivity contribution is 0.0445. The zero-order valence-electron chi connectivity index (χ0n) is 14.4. The monoisotopic (exact) mass is 372 g/mol. The fraction of sp³-hybridized carbons (Fsp3) is 0.200. The van der Waals surface area contributed by atoms with Crippen molar-refractivity contribution >= 4 is 34.3 Å². The molecular formula is C20H17ClO5. The molecule has 0 radical (unpaired) electrons. The maximum absolute atomic E-state index is 12.3. The highest BCUT2D eigenvalue weighted by Gasteiger charge is 2.20. The minimum Gasteiger partial charge on any atom is -0.494 e. The van der Waals surface area contributed by atoms with Crippen molar-refractivity contribution in [2.75, 3.05) is 13.2 Å². The molecule has 0 atom stereocenters. The van der Waals surface area contributed by atoms with Crippen LogP contribution in [0.15, 0.2) is 46.9 Å². The van der Waals surface area contributed by atoms with Gasteiger partial charge in [-0.05, 0) is 56.3 Å². The van der Waals surface area contributed by atoms with Gasteiger partial charge in [0.2, 0.25) is 5.76 Å². The van der Waals surface area contributed by atoms with E-state index in [0.717, 1.165) is 5.39 Å². The molecule has 134 valence electrons. The molecular weight excluding hydrogens is 356 g/mol. The largest absolute Gasteiger partial charge is 0.494 e. The van der Waals surface area contributed by atoms with E-state index in [-0.39, 0.29) is 18.2 Å². The normalized spacial score (nSPS) is 10.7. The first-order chi connectivity index (χ1) is 12.5. The highest BCUT2D eigenvalue weighted by molar-refractivity contribution is 6.30. The molecule has 2 aromatic carbocycles. The van der Waals surface area contributed by atoms with Crippen LogP contribution in [0.1, 0.15) is 33.4 Å². The third kappa shape index (κ3) is 3.73. The van der Waals surface area contributed by atoms with E-state index >= 15 is 0 Å². The first-order valence-corrected chi connectivity index (χ1v) is 8.49. The molecule has 0 bridgehead atoms. The van der Waals surface area contributed by atoms with E-state index in [1.807, 2.05) is 13.0 Å². The van der Waals surface area contributed by atoms with E-state index in [1.165, 1.54) is 0 Å². The number of furan rings is 1. The Labute approximate surface area is 155 Å². The van der Waals surface area contributed by atoms with Gasteiger partial charge in [-0.25, -0.2) is 4.79 Å². The van der Waals surface area contributed by atoms with Crippen LogP contribution in [0.4, 0.5) is 0 Å². The quantitative estimate of drug-likeness (QED) is 0.458. The van der Waals surface area contributed by atoms with E-state index < -0.39 is 5.97 Å². The molecule has 6 heteroatoms. The fourth-order valence-corrected chi connectivity index (χ4v) is 2.69. The number of fused-ring (bicyclic) bond motifs is 1. The van der Waals surface area contributed by atoms with E-state index in [2.05, 4.69) is 0 Å². The lowest BCUT2D eigenvalue weighted by Gasteiger charge is -2.03. The van der Waals surface area contributed by atoms with Crippen LogP contribution in [0.25, 0.3) is 11.0 Å². The summed E-state index contributed by atoms with van der Waals surface area (Å²) < 4.78 is 16.2. The molecule has 0 aliphatic rings. The number of halogens is 1. The van der Waals surface area contributed by atoms with Crippen LogP contribution in [0.3, 0.4) is 0 Å². The average Bonchev–Trinajstić information content (AvgIpc) is 2.97. The number of benzene rings is 2. The van der Waals surface area contributed by atoms with Crippen molar-refractivity contribution in [1.82, 2.24) is 0 Å². The molecule has 0 saturated heterocycles. The lowest BCUT2D eigenvalue weighted by atomic mass is 10.1. The van der Waals surface area contributed by atoms with Gasteiger partial charge in [0.1, 0.15) is 11.3 Å². The van der Waals surface area contributed by atoms with Crippen molar-refractivity contribution in [2.24, 2.45) is 0 Å². The number of hydrogen-bond donors (Lipinski definition) is 0. The molecule has 0 aliphatic carbocycles. The van der Waals surface area contributed by atoms with Crippen molar-refractivity contribution in [3.8, 4) is 5.75 Å². The van der Waals surface area contributed by atoms with E-state index in [9.17, 15) is 9.59 Å². The van der Waals surface area contributed by atoms with Crippen molar-refractivity contribution in [3.05, 3.63) is 64.4 Å². The van der Waals surface area contributed by atoms with Gasteiger partial charge in [0.05, 0.1) is 6.61 Å². The zero-order valence-corrected chi connectivity index (χ0v) is 15.1.